The highest BCUT2D eigenvalue weighted by Gasteiger charge is 2.10. The first-order chi connectivity index (χ1) is 10.8. The third-order valence-corrected chi connectivity index (χ3v) is 3.40. The number of likely N-dealkylation sites (N-methyl/N-ethyl adjacent to an activating group) is 1. The molecule has 5 heteroatoms. The highest BCUT2D eigenvalue weighted by atomic mass is 16.4. The minimum atomic E-state index is 0.566. The monoisotopic (exact) mass is 294 g/mol. The van der Waals surface area contributed by atoms with Gasteiger partial charge in [0, 0.05) is 24.5 Å². The van der Waals surface area contributed by atoms with E-state index in [9.17, 15) is 0 Å². The summed E-state index contributed by atoms with van der Waals surface area (Å²) in [6, 6.07) is 13.8. The van der Waals surface area contributed by atoms with Gasteiger partial charge in [-0.1, -0.05) is 24.3 Å². The van der Waals surface area contributed by atoms with E-state index in [4.69, 9.17) is 4.42 Å². The molecule has 0 aliphatic heterocycles. The van der Waals surface area contributed by atoms with E-state index in [1.54, 1.807) is 6.20 Å². The van der Waals surface area contributed by atoms with Crippen LogP contribution in [0, 0.1) is 0 Å². The van der Waals surface area contributed by atoms with Gasteiger partial charge in [-0.15, -0.1) is 10.2 Å². The van der Waals surface area contributed by atoms with Crippen molar-refractivity contribution in [2.75, 3.05) is 13.6 Å². The third kappa shape index (κ3) is 3.77. The first kappa shape index (κ1) is 14.4. The fraction of sp³-hybridized carbons (Fsp3) is 0.235. The van der Waals surface area contributed by atoms with E-state index in [1.807, 2.05) is 49.6 Å². The molecule has 0 spiro atoms. The lowest BCUT2D eigenvalue weighted by atomic mass is 10.2. The van der Waals surface area contributed by atoms with E-state index in [0.717, 1.165) is 18.5 Å². The summed E-state index contributed by atoms with van der Waals surface area (Å²) in [5.74, 6) is 1.20. The summed E-state index contributed by atoms with van der Waals surface area (Å²) >= 11 is 0. The Bertz CT molecular complexity index is 697. The highest BCUT2D eigenvalue weighted by molar-refractivity contribution is 5.51. The van der Waals surface area contributed by atoms with Crippen LogP contribution in [-0.2, 0) is 13.0 Å². The molecule has 0 saturated heterocycles. The number of rotatable bonds is 6. The second-order valence-corrected chi connectivity index (χ2v) is 5.22. The van der Waals surface area contributed by atoms with Crippen LogP contribution in [-0.4, -0.2) is 33.7 Å². The van der Waals surface area contributed by atoms with Crippen LogP contribution in [0.25, 0.3) is 11.5 Å². The van der Waals surface area contributed by atoms with Crippen LogP contribution in [0.1, 0.15) is 11.5 Å². The maximum absolute atomic E-state index is 5.72. The van der Waals surface area contributed by atoms with Gasteiger partial charge in [-0.25, -0.2) is 0 Å². The van der Waals surface area contributed by atoms with E-state index in [-0.39, 0.29) is 0 Å². The van der Waals surface area contributed by atoms with E-state index in [1.165, 1.54) is 5.56 Å². The van der Waals surface area contributed by atoms with Crippen molar-refractivity contribution in [3.8, 4) is 11.5 Å². The summed E-state index contributed by atoms with van der Waals surface area (Å²) in [5, 5.41) is 8.22. The summed E-state index contributed by atoms with van der Waals surface area (Å²) in [5.41, 5.74) is 2.17. The smallest absolute Gasteiger partial charge is 0.247 e. The molecule has 5 nitrogen and oxygen atoms in total. The van der Waals surface area contributed by atoms with Crippen molar-refractivity contribution in [1.29, 1.82) is 0 Å². The van der Waals surface area contributed by atoms with Crippen LogP contribution < -0.4 is 0 Å². The van der Waals surface area contributed by atoms with Crippen LogP contribution in [0.3, 0.4) is 0 Å². The molecule has 22 heavy (non-hydrogen) atoms. The lowest BCUT2D eigenvalue weighted by Gasteiger charge is -2.13. The number of hydrogen-bond donors (Lipinski definition) is 0. The molecule has 0 radical (unpaired) electrons. The van der Waals surface area contributed by atoms with Crippen molar-refractivity contribution in [2.45, 2.75) is 13.0 Å². The Morgan fingerprint density at radius 3 is 2.68 bits per heavy atom. The van der Waals surface area contributed by atoms with Gasteiger partial charge in [-0.3, -0.25) is 9.88 Å². The molecule has 2 heterocycles. The van der Waals surface area contributed by atoms with Crippen LogP contribution in [0.5, 0.6) is 0 Å². The molecule has 0 aliphatic rings. The fourth-order valence-corrected chi connectivity index (χ4v) is 2.19. The lowest BCUT2D eigenvalue weighted by Crippen LogP contribution is -2.21. The Morgan fingerprint density at radius 2 is 1.91 bits per heavy atom. The largest absolute Gasteiger partial charge is 0.419 e. The summed E-state index contributed by atoms with van der Waals surface area (Å²) < 4.78 is 5.72. The summed E-state index contributed by atoms with van der Waals surface area (Å²) in [7, 11) is 2.04. The average Bonchev–Trinajstić information content (AvgIpc) is 3.03. The number of hydrogen-bond acceptors (Lipinski definition) is 5. The normalized spacial score (nSPS) is 11.0. The average molecular weight is 294 g/mol. The van der Waals surface area contributed by atoms with Crippen molar-refractivity contribution in [1.82, 2.24) is 20.1 Å². The van der Waals surface area contributed by atoms with Crippen molar-refractivity contribution in [3.05, 3.63) is 66.3 Å². The zero-order chi connectivity index (χ0) is 15.2. The Morgan fingerprint density at radius 1 is 1.05 bits per heavy atom. The first-order valence-electron chi connectivity index (χ1n) is 7.26. The van der Waals surface area contributed by atoms with Gasteiger partial charge >= 0.3 is 0 Å². The molecule has 0 aliphatic carbocycles. The van der Waals surface area contributed by atoms with Gasteiger partial charge < -0.3 is 4.42 Å². The van der Waals surface area contributed by atoms with Crippen molar-refractivity contribution < 1.29 is 4.42 Å². The molecule has 0 unspecified atom stereocenters. The molecule has 0 N–H and O–H groups in total. The van der Waals surface area contributed by atoms with Gasteiger partial charge in [0.1, 0.15) is 0 Å². The Hall–Kier alpha value is -2.53. The zero-order valence-electron chi connectivity index (χ0n) is 12.5. The Balaban J connectivity index is 1.56. The van der Waals surface area contributed by atoms with Gasteiger partial charge in [0.25, 0.3) is 0 Å². The predicted molar refractivity (Wildman–Crippen MR) is 84.0 cm³/mol. The molecule has 112 valence electrons. The van der Waals surface area contributed by atoms with Gasteiger partial charge in [-0.2, -0.15) is 0 Å². The maximum atomic E-state index is 5.72. The minimum Gasteiger partial charge on any atom is -0.419 e. The fourth-order valence-electron chi connectivity index (χ4n) is 2.19. The molecular formula is C17H18N4O. The molecule has 0 saturated carbocycles. The van der Waals surface area contributed by atoms with Gasteiger partial charge in [0.15, 0.2) is 0 Å². The minimum absolute atomic E-state index is 0.566. The molecular weight excluding hydrogens is 276 g/mol. The molecule has 3 aromatic rings. The predicted octanol–water partition coefficient (Wildman–Crippen LogP) is 2.81. The standard InChI is InChI=1S/C17H18N4O/c1-21(11-9-14-6-5-10-18-12-14)13-16-19-20-17(22-16)15-7-3-2-4-8-15/h2-8,10,12H,9,11,13H2,1H3. The number of benzene rings is 1. The second kappa shape index (κ2) is 6.95. The molecule has 3 rings (SSSR count). The Labute approximate surface area is 129 Å². The third-order valence-electron chi connectivity index (χ3n) is 3.40. The van der Waals surface area contributed by atoms with E-state index in [0.29, 0.717) is 18.3 Å². The van der Waals surface area contributed by atoms with Gasteiger partial charge in [0.05, 0.1) is 6.54 Å². The quantitative estimate of drug-likeness (QED) is 0.699. The van der Waals surface area contributed by atoms with Crippen LogP contribution >= 0.6 is 0 Å². The SMILES string of the molecule is CN(CCc1cccnc1)Cc1nnc(-c2ccccc2)o1. The second-order valence-electron chi connectivity index (χ2n) is 5.22. The molecule has 0 fully saturated rings. The maximum Gasteiger partial charge on any atom is 0.247 e. The van der Waals surface area contributed by atoms with Crippen molar-refractivity contribution in [3.63, 3.8) is 0 Å². The Kier molecular flexibility index (Phi) is 4.56. The molecule has 1 aromatic carbocycles. The highest BCUT2D eigenvalue weighted by Crippen LogP contribution is 2.17. The summed E-state index contributed by atoms with van der Waals surface area (Å²) in [4.78, 5) is 6.29. The van der Waals surface area contributed by atoms with Crippen LogP contribution in [0.2, 0.25) is 0 Å². The lowest BCUT2D eigenvalue weighted by molar-refractivity contribution is 0.293. The molecule has 0 atom stereocenters. The van der Waals surface area contributed by atoms with Crippen molar-refractivity contribution in [2.24, 2.45) is 0 Å². The van der Waals surface area contributed by atoms with Gasteiger partial charge in [0.2, 0.25) is 11.8 Å². The number of aromatic nitrogens is 3. The molecule has 0 amide bonds. The topological polar surface area (TPSA) is 55.1 Å². The number of nitrogens with zero attached hydrogens (tertiary/aromatic N) is 4. The summed E-state index contributed by atoms with van der Waals surface area (Å²) in [6.07, 6.45) is 4.63. The molecule has 0 bridgehead atoms. The van der Waals surface area contributed by atoms with E-state index >= 15 is 0 Å². The van der Waals surface area contributed by atoms with E-state index < -0.39 is 0 Å². The van der Waals surface area contributed by atoms with E-state index in [2.05, 4.69) is 26.1 Å². The molecule has 2 aromatic heterocycles. The zero-order valence-corrected chi connectivity index (χ0v) is 12.5. The summed E-state index contributed by atoms with van der Waals surface area (Å²) in [6.45, 7) is 1.55. The van der Waals surface area contributed by atoms with Crippen molar-refractivity contribution >= 4 is 0 Å². The first-order valence-corrected chi connectivity index (χ1v) is 7.26. The van der Waals surface area contributed by atoms with Crippen LogP contribution in [0.15, 0.2) is 59.3 Å². The van der Waals surface area contributed by atoms with Crippen LogP contribution in [0.4, 0.5) is 0 Å². The number of pyridine rings is 1. The van der Waals surface area contributed by atoms with Gasteiger partial charge in [-0.05, 0) is 37.2 Å².